The molecule has 8 nitrogen and oxygen atoms in total. The van der Waals surface area contributed by atoms with Crippen molar-refractivity contribution in [3.05, 3.63) is 51.8 Å². The Balaban J connectivity index is 2.37. The molecule has 0 saturated carbocycles. The number of aliphatic carboxylic acids is 1. The van der Waals surface area contributed by atoms with Gasteiger partial charge in [-0.15, -0.1) is 5.10 Å². The first-order valence-electron chi connectivity index (χ1n) is 9.75. The summed E-state index contributed by atoms with van der Waals surface area (Å²) >= 11 is 2.97. The van der Waals surface area contributed by atoms with Gasteiger partial charge in [0.2, 0.25) is 5.88 Å². The van der Waals surface area contributed by atoms with Gasteiger partial charge in [0.05, 0.1) is 32.6 Å². The number of hydrogen-bond donors (Lipinski definition) is 1. The highest BCUT2D eigenvalue weighted by Crippen LogP contribution is 2.41. The highest BCUT2D eigenvalue weighted by atomic mass is 79.9. The standard InChI is InChI=1S/C21H24BrF3N2O6/c1-4-32-11-14(31-3)9-27-18(22)17(21(23,24)25)19(26-27)33-10-13-7-5-6-8-15(13)16(12-30-2)20(28)29/h5-8,12,14H,4,9-11H2,1-3H3,(H,28,29)/b16-12+. The molecule has 0 aliphatic rings. The van der Waals surface area contributed by atoms with E-state index in [0.29, 0.717) is 12.2 Å². The van der Waals surface area contributed by atoms with Gasteiger partial charge in [0.1, 0.15) is 16.8 Å². The van der Waals surface area contributed by atoms with Crippen molar-refractivity contribution in [1.29, 1.82) is 0 Å². The lowest BCUT2D eigenvalue weighted by molar-refractivity contribution is -0.139. The number of aromatic nitrogens is 2. The van der Waals surface area contributed by atoms with Crippen molar-refractivity contribution >= 4 is 27.5 Å². The van der Waals surface area contributed by atoms with Gasteiger partial charge < -0.3 is 24.1 Å². The maximum Gasteiger partial charge on any atom is 0.424 e. The van der Waals surface area contributed by atoms with E-state index in [1.165, 1.54) is 20.3 Å². The molecule has 0 radical (unpaired) electrons. The number of carboxylic acids is 1. The number of benzene rings is 1. The molecule has 2 aromatic rings. The second-order valence-electron chi connectivity index (χ2n) is 6.69. The largest absolute Gasteiger partial charge is 0.503 e. The van der Waals surface area contributed by atoms with E-state index in [9.17, 15) is 23.1 Å². The Bertz CT molecular complexity index is 977. The molecule has 0 amide bonds. The van der Waals surface area contributed by atoms with E-state index in [0.717, 1.165) is 10.9 Å². The van der Waals surface area contributed by atoms with Gasteiger partial charge in [-0.1, -0.05) is 24.3 Å². The highest BCUT2D eigenvalue weighted by molar-refractivity contribution is 9.10. The molecule has 1 N–H and O–H groups in total. The van der Waals surface area contributed by atoms with Crippen LogP contribution in [-0.4, -0.2) is 54.4 Å². The third-order valence-corrected chi connectivity index (χ3v) is 5.30. The van der Waals surface area contributed by atoms with Crippen LogP contribution >= 0.6 is 15.9 Å². The average Bonchev–Trinajstić information content (AvgIpc) is 3.08. The van der Waals surface area contributed by atoms with E-state index < -0.39 is 29.7 Å². The minimum Gasteiger partial charge on any atom is -0.503 e. The first-order valence-corrected chi connectivity index (χ1v) is 10.5. The fraction of sp³-hybridized carbons (Fsp3) is 0.429. The summed E-state index contributed by atoms with van der Waals surface area (Å²) in [6.07, 6.45) is -4.25. The van der Waals surface area contributed by atoms with Crippen molar-refractivity contribution in [2.24, 2.45) is 0 Å². The quantitative estimate of drug-likeness (QED) is 0.318. The molecule has 1 aromatic heterocycles. The Morgan fingerprint density at radius 3 is 2.58 bits per heavy atom. The van der Waals surface area contributed by atoms with Gasteiger partial charge in [-0.25, -0.2) is 4.79 Å². The fourth-order valence-corrected chi connectivity index (χ4v) is 3.54. The first kappa shape index (κ1) is 26.7. The van der Waals surface area contributed by atoms with Crippen LogP contribution in [0.4, 0.5) is 13.2 Å². The van der Waals surface area contributed by atoms with E-state index >= 15 is 0 Å². The van der Waals surface area contributed by atoms with Gasteiger partial charge in [0, 0.05) is 13.7 Å². The van der Waals surface area contributed by atoms with Crippen molar-refractivity contribution in [2.45, 2.75) is 32.4 Å². The molecule has 0 saturated heterocycles. The van der Waals surface area contributed by atoms with Gasteiger partial charge in [-0.3, -0.25) is 4.68 Å². The minimum absolute atomic E-state index is 0.0140. The number of methoxy groups -OCH3 is 2. The second-order valence-corrected chi connectivity index (χ2v) is 7.44. The van der Waals surface area contributed by atoms with Gasteiger partial charge in [0.15, 0.2) is 5.56 Å². The van der Waals surface area contributed by atoms with Crippen molar-refractivity contribution in [2.75, 3.05) is 27.4 Å². The molecule has 1 aromatic carbocycles. The zero-order chi connectivity index (χ0) is 24.6. The zero-order valence-corrected chi connectivity index (χ0v) is 19.8. The van der Waals surface area contributed by atoms with Gasteiger partial charge in [-0.05, 0) is 34.0 Å². The fourth-order valence-electron chi connectivity index (χ4n) is 2.92. The molecule has 0 fully saturated rings. The average molecular weight is 537 g/mol. The number of halogens is 4. The molecular formula is C21H24BrF3N2O6. The smallest absolute Gasteiger partial charge is 0.424 e. The van der Waals surface area contributed by atoms with E-state index in [1.807, 2.05) is 0 Å². The summed E-state index contributed by atoms with van der Waals surface area (Å²) in [7, 11) is 2.72. The Morgan fingerprint density at radius 1 is 1.30 bits per heavy atom. The van der Waals surface area contributed by atoms with Crippen molar-refractivity contribution in [3.8, 4) is 5.88 Å². The Hall–Kier alpha value is -2.57. The number of hydrogen-bond acceptors (Lipinski definition) is 6. The summed E-state index contributed by atoms with van der Waals surface area (Å²) in [4.78, 5) is 11.6. The van der Waals surface area contributed by atoms with E-state index in [1.54, 1.807) is 25.1 Å². The van der Waals surface area contributed by atoms with Crippen LogP contribution in [0.15, 0.2) is 35.1 Å². The lowest BCUT2D eigenvalue weighted by Crippen LogP contribution is -2.25. The third kappa shape index (κ3) is 6.95. The third-order valence-electron chi connectivity index (χ3n) is 4.50. The van der Waals surface area contributed by atoms with Crippen LogP contribution < -0.4 is 4.74 Å². The predicted molar refractivity (Wildman–Crippen MR) is 116 cm³/mol. The summed E-state index contributed by atoms with van der Waals surface area (Å²) < 4.78 is 62.9. The number of carbonyl (C=O) groups is 1. The van der Waals surface area contributed by atoms with Crippen LogP contribution in [0, 0.1) is 0 Å². The van der Waals surface area contributed by atoms with E-state index in [2.05, 4.69) is 21.0 Å². The molecule has 1 unspecified atom stereocenters. The summed E-state index contributed by atoms with van der Waals surface area (Å²) in [5.41, 5.74) is -0.668. The number of alkyl halides is 3. The topological polar surface area (TPSA) is 92.0 Å². The summed E-state index contributed by atoms with van der Waals surface area (Å²) in [5.74, 6) is -1.91. The van der Waals surface area contributed by atoms with Crippen LogP contribution in [0.1, 0.15) is 23.6 Å². The summed E-state index contributed by atoms with van der Waals surface area (Å²) in [5, 5.41) is 13.4. The van der Waals surface area contributed by atoms with Crippen molar-refractivity contribution in [1.82, 2.24) is 9.78 Å². The van der Waals surface area contributed by atoms with Gasteiger partial charge in [0.25, 0.3) is 0 Å². The predicted octanol–water partition coefficient (Wildman–Crippen LogP) is 4.37. The van der Waals surface area contributed by atoms with Crippen molar-refractivity contribution in [3.63, 3.8) is 0 Å². The molecule has 33 heavy (non-hydrogen) atoms. The molecule has 0 spiro atoms. The lowest BCUT2D eigenvalue weighted by Gasteiger charge is -2.15. The maximum atomic E-state index is 13.8. The monoisotopic (exact) mass is 536 g/mol. The summed E-state index contributed by atoms with van der Waals surface area (Å²) in [6, 6.07) is 6.27. The summed E-state index contributed by atoms with van der Waals surface area (Å²) in [6.45, 7) is 2.02. The number of ether oxygens (including phenoxy) is 4. The molecule has 1 heterocycles. The highest BCUT2D eigenvalue weighted by Gasteiger charge is 2.41. The molecule has 0 bridgehead atoms. The maximum absolute atomic E-state index is 13.8. The molecule has 1 atom stereocenters. The minimum atomic E-state index is -4.75. The molecular weight excluding hydrogens is 513 g/mol. The SMILES string of the molecule is CCOCC(Cn1nc(OCc2ccccc2/C(=C\OC)C(=O)O)c(C(F)(F)F)c1Br)OC. The van der Waals surface area contributed by atoms with Gasteiger partial charge >= 0.3 is 12.1 Å². The second kappa shape index (κ2) is 12.1. The van der Waals surface area contributed by atoms with Crippen LogP contribution in [0.5, 0.6) is 5.88 Å². The Labute approximate surface area is 197 Å². The molecule has 0 aliphatic heterocycles. The lowest BCUT2D eigenvalue weighted by atomic mass is 10.0. The molecule has 2 rings (SSSR count). The van der Waals surface area contributed by atoms with Crippen LogP contribution in [0.3, 0.4) is 0 Å². The van der Waals surface area contributed by atoms with Crippen LogP contribution in [0.2, 0.25) is 0 Å². The normalized spacial score (nSPS) is 13.1. The molecule has 182 valence electrons. The van der Waals surface area contributed by atoms with E-state index in [4.69, 9.17) is 18.9 Å². The van der Waals surface area contributed by atoms with E-state index in [-0.39, 0.29) is 35.5 Å². The van der Waals surface area contributed by atoms with Gasteiger partial charge in [-0.2, -0.15) is 13.2 Å². The number of rotatable bonds is 12. The Morgan fingerprint density at radius 2 is 2.00 bits per heavy atom. The number of nitrogens with zero attached hydrogens (tertiary/aromatic N) is 2. The Kier molecular flexibility index (Phi) is 9.74. The van der Waals surface area contributed by atoms with Crippen LogP contribution in [0.25, 0.3) is 5.57 Å². The first-order chi connectivity index (χ1) is 15.6. The zero-order valence-electron chi connectivity index (χ0n) is 18.2. The number of carboxylic acid groups (broad SMARTS) is 1. The van der Waals surface area contributed by atoms with Crippen molar-refractivity contribution < 1.29 is 42.0 Å². The van der Waals surface area contributed by atoms with Crippen LogP contribution in [-0.2, 0) is 38.3 Å². The molecule has 12 heteroatoms. The molecule has 0 aliphatic carbocycles.